The van der Waals surface area contributed by atoms with E-state index in [9.17, 15) is 4.79 Å². The Hall–Kier alpha value is -1.40. The van der Waals surface area contributed by atoms with Crippen LogP contribution in [0.5, 0.6) is 0 Å². The van der Waals surface area contributed by atoms with Crippen LogP contribution < -0.4 is 10.6 Å². The van der Waals surface area contributed by atoms with Crippen molar-refractivity contribution in [2.75, 3.05) is 60.0 Å². The van der Waals surface area contributed by atoms with E-state index in [4.69, 9.17) is 9.26 Å². The van der Waals surface area contributed by atoms with Crippen LogP contribution in [0, 0.1) is 0 Å². The van der Waals surface area contributed by atoms with Crippen LogP contribution in [0.2, 0.25) is 0 Å². The van der Waals surface area contributed by atoms with Crippen molar-refractivity contribution < 1.29 is 14.1 Å². The van der Waals surface area contributed by atoms with Crippen molar-refractivity contribution in [2.24, 2.45) is 4.99 Å². The van der Waals surface area contributed by atoms with E-state index in [2.05, 4.69) is 44.4 Å². The number of nitrogens with one attached hydrogen (secondary N) is 2. The molecule has 0 aliphatic carbocycles. The highest BCUT2D eigenvalue weighted by atomic mass is 127. The van der Waals surface area contributed by atoms with E-state index in [0.29, 0.717) is 32.2 Å². The average molecular weight is 536 g/mol. The Morgan fingerprint density at radius 3 is 2.57 bits per heavy atom. The van der Waals surface area contributed by atoms with Crippen LogP contribution in [0.1, 0.15) is 44.1 Å². The molecule has 0 unspecified atom stereocenters. The second kappa shape index (κ2) is 14.6. The second-order valence-electron chi connectivity index (χ2n) is 7.24. The molecular weight excluding hydrogens is 499 g/mol. The molecule has 0 saturated carbocycles. The Kier molecular flexibility index (Phi) is 12.9. The van der Waals surface area contributed by atoms with Crippen molar-refractivity contribution in [1.82, 2.24) is 25.6 Å². The quantitative estimate of drug-likeness (QED) is 0.203. The molecular formula is C20H37IN6O3. The Bertz CT molecular complexity index is 642. The average Bonchev–Trinajstić information content (AvgIpc) is 3.19. The van der Waals surface area contributed by atoms with Crippen LogP contribution in [0.25, 0.3) is 0 Å². The molecule has 172 valence electrons. The Morgan fingerprint density at radius 2 is 1.97 bits per heavy atom. The molecule has 9 nitrogen and oxygen atoms in total. The van der Waals surface area contributed by atoms with E-state index in [-0.39, 0.29) is 29.9 Å². The number of hydrogen-bond acceptors (Lipinski definition) is 6. The molecule has 1 aromatic rings. The maximum atomic E-state index is 11.9. The molecule has 2 rings (SSSR count). The third kappa shape index (κ3) is 8.38. The van der Waals surface area contributed by atoms with Gasteiger partial charge in [-0.25, -0.2) is 0 Å². The zero-order valence-electron chi connectivity index (χ0n) is 18.6. The van der Waals surface area contributed by atoms with Gasteiger partial charge in [-0.2, -0.15) is 0 Å². The molecule has 1 aromatic heterocycles. The minimum Gasteiger partial charge on any atom is -0.383 e. The maximum Gasteiger partial charge on any atom is 0.234 e. The summed E-state index contributed by atoms with van der Waals surface area (Å²) < 4.78 is 10.4. The fourth-order valence-electron chi connectivity index (χ4n) is 3.48. The van der Waals surface area contributed by atoms with E-state index in [1.807, 2.05) is 6.07 Å². The minimum absolute atomic E-state index is 0. The summed E-state index contributed by atoms with van der Waals surface area (Å²) in [6, 6.07) is 2.04. The van der Waals surface area contributed by atoms with E-state index < -0.39 is 0 Å². The van der Waals surface area contributed by atoms with Gasteiger partial charge < -0.3 is 24.8 Å². The largest absolute Gasteiger partial charge is 0.383 e. The third-order valence-corrected chi connectivity index (χ3v) is 5.28. The number of guanidine groups is 1. The summed E-state index contributed by atoms with van der Waals surface area (Å²) in [6.07, 6.45) is 2.12. The van der Waals surface area contributed by atoms with Crippen LogP contribution in [-0.4, -0.2) is 86.9 Å². The Morgan fingerprint density at radius 1 is 1.27 bits per heavy atom. The predicted octanol–water partition coefficient (Wildman–Crippen LogP) is 1.65. The first-order valence-corrected chi connectivity index (χ1v) is 10.5. The molecule has 0 atom stereocenters. The van der Waals surface area contributed by atoms with E-state index in [1.165, 1.54) is 0 Å². The van der Waals surface area contributed by atoms with Gasteiger partial charge in [0, 0.05) is 58.9 Å². The summed E-state index contributed by atoms with van der Waals surface area (Å²) in [5.74, 6) is 2.15. The predicted molar refractivity (Wildman–Crippen MR) is 128 cm³/mol. The van der Waals surface area contributed by atoms with E-state index >= 15 is 0 Å². The highest BCUT2D eigenvalue weighted by Crippen LogP contribution is 2.22. The molecule has 1 fully saturated rings. The summed E-state index contributed by atoms with van der Waals surface area (Å²) in [4.78, 5) is 20.7. The van der Waals surface area contributed by atoms with Crippen LogP contribution in [-0.2, 0) is 16.1 Å². The number of amides is 1. The van der Waals surface area contributed by atoms with Gasteiger partial charge in [0.25, 0.3) is 0 Å². The Balaban J connectivity index is 0.00000450. The van der Waals surface area contributed by atoms with E-state index in [0.717, 1.165) is 56.4 Å². The van der Waals surface area contributed by atoms with Crippen LogP contribution in [0.3, 0.4) is 0 Å². The van der Waals surface area contributed by atoms with Gasteiger partial charge >= 0.3 is 0 Å². The van der Waals surface area contributed by atoms with Crippen molar-refractivity contribution in [1.29, 1.82) is 0 Å². The smallest absolute Gasteiger partial charge is 0.234 e. The maximum absolute atomic E-state index is 11.9. The fourth-order valence-corrected chi connectivity index (χ4v) is 3.48. The standard InChI is InChI=1S/C20H36N6O3.HI/c1-5-16(6-2)18-13-17(29-24-18)14-23-20(21-3)26-10-8-25(9-11-26)15-19(27)22-7-12-28-4;/h13,16H,5-12,14-15H2,1-4H3,(H,21,23)(H,22,27);1H. The number of aliphatic imine (C=N–C) groups is 1. The number of piperazine rings is 1. The Labute approximate surface area is 197 Å². The first-order valence-electron chi connectivity index (χ1n) is 10.5. The molecule has 1 saturated heterocycles. The van der Waals surface area contributed by atoms with Gasteiger partial charge in [0.05, 0.1) is 25.4 Å². The SMILES string of the molecule is CCC(CC)c1cc(CNC(=NC)N2CCN(CC(=O)NCCOC)CC2)on1.I. The summed E-state index contributed by atoms with van der Waals surface area (Å²) in [6.45, 7) is 9.68. The molecule has 0 bridgehead atoms. The first kappa shape index (κ1) is 26.6. The number of nitrogens with zero attached hydrogens (tertiary/aromatic N) is 4. The van der Waals surface area contributed by atoms with Crippen molar-refractivity contribution in [3.8, 4) is 0 Å². The lowest BCUT2D eigenvalue weighted by atomic mass is 9.99. The number of hydrogen-bond donors (Lipinski definition) is 2. The zero-order valence-corrected chi connectivity index (χ0v) is 21.0. The molecule has 2 N–H and O–H groups in total. The van der Waals surface area contributed by atoms with Gasteiger partial charge in [-0.1, -0.05) is 19.0 Å². The number of methoxy groups -OCH3 is 1. The topological polar surface area (TPSA) is 95.2 Å². The third-order valence-electron chi connectivity index (χ3n) is 5.28. The molecule has 1 amide bonds. The number of halogens is 1. The molecule has 10 heteroatoms. The van der Waals surface area contributed by atoms with Gasteiger partial charge in [-0.15, -0.1) is 24.0 Å². The van der Waals surface area contributed by atoms with Crippen LogP contribution >= 0.6 is 24.0 Å². The van der Waals surface area contributed by atoms with Crippen molar-refractivity contribution >= 4 is 35.8 Å². The van der Waals surface area contributed by atoms with Gasteiger partial charge in [-0.05, 0) is 12.8 Å². The van der Waals surface area contributed by atoms with Gasteiger partial charge in [0.2, 0.25) is 5.91 Å². The molecule has 2 heterocycles. The highest BCUT2D eigenvalue weighted by Gasteiger charge is 2.21. The molecule has 0 spiro atoms. The summed E-state index contributed by atoms with van der Waals surface area (Å²) >= 11 is 0. The minimum atomic E-state index is 0. The van der Waals surface area contributed by atoms with Crippen molar-refractivity contribution in [2.45, 2.75) is 39.2 Å². The van der Waals surface area contributed by atoms with Crippen molar-refractivity contribution in [3.63, 3.8) is 0 Å². The summed E-state index contributed by atoms with van der Waals surface area (Å²) in [5.41, 5.74) is 1.03. The van der Waals surface area contributed by atoms with Gasteiger partial charge in [0.15, 0.2) is 11.7 Å². The number of rotatable bonds is 10. The van der Waals surface area contributed by atoms with Crippen LogP contribution in [0.15, 0.2) is 15.6 Å². The highest BCUT2D eigenvalue weighted by molar-refractivity contribution is 14.0. The lowest BCUT2D eigenvalue weighted by Crippen LogP contribution is -2.54. The lowest BCUT2D eigenvalue weighted by Gasteiger charge is -2.36. The zero-order chi connectivity index (χ0) is 21.1. The molecule has 1 aliphatic rings. The lowest BCUT2D eigenvalue weighted by molar-refractivity contribution is -0.122. The fraction of sp³-hybridized carbons (Fsp3) is 0.750. The number of carbonyl (C=O) groups excluding carboxylic acids is 1. The molecule has 0 aromatic carbocycles. The van der Waals surface area contributed by atoms with Gasteiger partial charge in [0.1, 0.15) is 0 Å². The molecule has 30 heavy (non-hydrogen) atoms. The van der Waals surface area contributed by atoms with Gasteiger partial charge in [-0.3, -0.25) is 14.7 Å². The normalized spacial score (nSPS) is 15.2. The molecule has 0 radical (unpaired) electrons. The molecule has 1 aliphatic heterocycles. The van der Waals surface area contributed by atoms with Crippen LogP contribution in [0.4, 0.5) is 0 Å². The number of carbonyl (C=O) groups is 1. The monoisotopic (exact) mass is 536 g/mol. The van der Waals surface area contributed by atoms with E-state index in [1.54, 1.807) is 14.2 Å². The summed E-state index contributed by atoms with van der Waals surface area (Å²) in [7, 11) is 3.41. The number of aromatic nitrogens is 1. The second-order valence-corrected chi connectivity index (χ2v) is 7.24. The summed E-state index contributed by atoms with van der Waals surface area (Å²) in [5, 5.41) is 10.4. The van der Waals surface area contributed by atoms with Crippen molar-refractivity contribution in [3.05, 3.63) is 17.5 Å². The first-order chi connectivity index (χ1) is 14.1. The number of ether oxygens (including phenoxy) is 1.